The van der Waals surface area contributed by atoms with Crippen LogP contribution >= 0.6 is 11.6 Å². The van der Waals surface area contributed by atoms with Crippen molar-refractivity contribution in [2.75, 3.05) is 16.9 Å². The Morgan fingerprint density at radius 3 is 2.36 bits per heavy atom. The lowest BCUT2D eigenvalue weighted by molar-refractivity contribution is -0.137. The van der Waals surface area contributed by atoms with E-state index in [1.807, 2.05) is 6.92 Å². The van der Waals surface area contributed by atoms with Gasteiger partial charge < -0.3 is 14.5 Å². The maximum absolute atomic E-state index is 13.7. The number of alkyl halides is 3. The molecule has 3 aromatic carbocycles. The van der Waals surface area contributed by atoms with Crippen LogP contribution in [0.1, 0.15) is 47.8 Å². The van der Waals surface area contributed by atoms with Gasteiger partial charge in [-0.3, -0.25) is 9.59 Å². The van der Waals surface area contributed by atoms with E-state index in [2.05, 4.69) is 0 Å². The van der Waals surface area contributed by atoms with Gasteiger partial charge in [0.15, 0.2) is 0 Å². The molecule has 1 aliphatic rings. The number of halogens is 4. The summed E-state index contributed by atoms with van der Waals surface area (Å²) in [5.74, 6) is -0.228. The predicted molar refractivity (Wildman–Crippen MR) is 133 cm³/mol. The molecule has 4 rings (SSSR count). The summed E-state index contributed by atoms with van der Waals surface area (Å²) in [6, 6.07) is 15.3. The minimum atomic E-state index is -4.59. The van der Waals surface area contributed by atoms with Crippen molar-refractivity contribution in [1.29, 1.82) is 0 Å². The fourth-order valence-electron chi connectivity index (χ4n) is 4.64. The van der Waals surface area contributed by atoms with Crippen LogP contribution in [0.2, 0.25) is 5.02 Å². The van der Waals surface area contributed by atoms with E-state index < -0.39 is 23.8 Å². The lowest BCUT2D eigenvalue weighted by Crippen LogP contribution is -2.47. The van der Waals surface area contributed by atoms with Gasteiger partial charge in [0.1, 0.15) is 5.75 Å². The van der Waals surface area contributed by atoms with Crippen molar-refractivity contribution in [3.8, 4) is 5.75 Å². The third-order valence-electron chi connectivity index (χ3n) is 6.27. The van der Waals surface area contributed by atoms with Gasteiger partial charge in [-0.05, 0) is 79.6 Å². The molecule has 0 spiro atoms. The lowest BCUT2D eigenvalue weighted by Gasteiger charge is -2.43. The third kappa shape index (κ3) is 4.91. The summed E-state index contributed by atoms with van der Waals surface area (Å²) < 4.78 is 46.3. The van der Waals surface area contributed by atoms with Crippen LogP contribution in [-0.4, -0.2) is 25.0 Å². The van der Waals surface area contributed by atoms with Crippen molar-refractivity contribution in [3.63, 3.8) is 0 Å². The zero-order chi connectivity index (χ0) is 26.2. The second kappa shape index (κ2) is 9.85. The lowest BCUT2D eigenvalue weighted by atomic mass is 9.88. The monoisotopic (exact) mass is 516 g/mol. The van der Waals surface area contributed by atoms with Crippen LogP contribution in [0.3, 0.4) is 0 Å². The minimum absolute atomic E-state index is 0.228. The topological polar surface area (TPSA) is 49.9 Å². The van der Waals surface area contributed by atoms with Crippen molar-refractivity contribution in [2.45, 2.75) is 38.5 Å². The molecule has 36 heavy (non-hydrogen) atoms. The molecular weight excluding hydrogens is 493 g/mol. The standard InChI is InChI=1S/C27H24ClF3N2O3/c1-16-13-25(33(17(2)34)21-10-8-20(28)9-11-21)23-15-19(27(29,30)31)7-12-24(23)32(16)26(35)18-5-4-6-22(14-18)36-3/h4-12,14-16,25H,13H2,1-3H3. The van der Waals surface area contributed by atoms with E-state index in [9.17, 15) is 22.8 Å². The molecule has 2 amide bonds. The zero-order valence-corrected chi connectivity index (χ0v) is 20.6. The second-order valence-corrected chi connectivity index (χ2v) is 9.08. The highest BCUT2D eigenvalue weighted by molar-refractivity contribution is 6.30. The highest BCUT2D eigenvalue weighted by atomic mass is 35.5. The third-order valence-corrected chi connectivity index (χ3v) is 6.52. The summed E-state index contributed by atoms with van der Waals surface area (Å²) in [5, 5.41) is 0.467. The molecule has 1 aliphatic heterocycles. The first-order chi connectivity index (χ1) is 17.0. The van der Waals surface area contributed by atoms with Gasteiger partial charge in [0, 0.05) is 34.9 Å². The predicted octanol–water partition coefficient (Wildman–Crippen LogP) is 6.90. The van der Waals surface area contributed by atoms with Gasteiger partial charge in [-0.25, -0.2) is 0 Å². The van der Waals surface area contributed by atoms with Gasteiger partial charge in [-0.1, -0.05) is 17.7 Å². The molecule has 0 N–H and O–H groups in total. The number of carbonyl (C=O) groups is 2. The number of hydrogen-bond donors (Lipinski definition) is 0. The van der Waals surface area contributed by atoms with Crippen molar-refractivity contribution in [1.82, 2.24) is 0 Å². The first-order valence-corrected chi connectivity index (χ1v) is 11.6. The van der Waals surface area contributed by atoms with Crippen molar-refractivity contribution in [3.05, 3.63) is 88.4 Å². The van der Waals surface area contributed by atoms with E-state index in [1.165, 1.54) is 29.9 Å². The first-order valence-electron chi connectivity index (χ1n) is 11.3. The molecule has 5 nitrogen and oxygen atoms in total. The average molecular weight is 517 g/mol. The molecule has 0 fully saturated rings. The van der Waals surface area contributed by atoms with Gasteiger partial charge in [0.05, 0.1) is 18.7 Å². The van der Waals surface area contributed by atoms with Gasteiger partial charge in [0.25, 0.3) is 5.91 Å². The summed E-state index contributed by atoms with van der Waals surface area (Å²) >= 11 is 6.01. The highest BCUT2D eigenvalue weighted by Gasteiger charge is 2.40. The molecule has 9 heteroatoms. The Labute approximate surface area is 212 Å². The summed E-state index contributed by atoms with van der Waals surface area (Å²) in [7, 11) is 1.48. The summed E-state index contributed by atoms with van der Waals surface area (Å²) in [6.07, 6.45) is -4.36. The summed E-state index contributed by atoms with van der Waals surface area (Å²) in [5.41, 5.74) is 0.546. The molecule has 0 radical (unpaired) electrons. The van der Waals surface area contributed by atoms with E-state index in [4.69, 9.17) is 16.3 Å². The number of benzene rings is 3. The molecule has 2 unspecified atom stereocenters. The molecule has 0 saturated carbocycles. The van der Waals surface area contributed by atoms with Crippen molar-refractivity contribution >= 4 is 34.8 Å². The Bertz CT molecular complexity index is 1290. The van der Waals surface area contributed by atoms with Gasteiger partial charge in [0.2, 0.25) is 5.91 Å². The van der Waals surface area contributed by atoms with Crippen LogP contribution in [0.4, 0.5) is 24.5 Å². The zero-order valence-electron chi connectivity index (χ0n) is 19.8. The van der Waals surface area contributed by atoms with Crippen molar-refractivity contribution < 1.29 is 27.5 Å². The van der Waals surface area contributed by atoms with Gasteiger partial charge in [-0.15, -0.1) is 0 Å². The fourth-order valence-corrected chi connectivity index (χ4v) is 4.77. The SMILES string of the molecule is COc1cccc(C(=O)N2c3ccc(C(F)(F)F)cc3C(N(C(C)=O)c3ccc(Cl)cc3)CC2C)c1. The number of amides is 2. The second-order valence-electron chi connectivity index (χ2n) is 8.64. The van der Waals surface area contributed by atoms with Crippen molar-refractivity contribution in [2.24, 2.45) is 0 Å². The minimum Gasteiger partial charge on any atom is -0.497 e. The smallest absolute Gasteiger partial charge is 0.416 e. The molecule has 3 aromatic rings. The van der Waals surface area contributed by atoms with E-state index in [0.29, 0.717) is 27.7 Å². The van der Waals surface area contributed by atoms with E-state index in [1.54, 1.807) is 48.5 Å². The number of rotatable bonds is 4. The Morgan fingerprint density at radius 2 is 1.75 bits per heavy atom. The van der Waals surface area contributed by atoms with Crippen LogP contribution < -0.4 is 14.5 Å². The van der Waals surface area contributed by atoms with E-state index >= 15 is 0 Å². The van der Waals surface area contributed by atoms with Crippen LogP contribution in [0, 0.1) is 0 Å². The van der Waals surface area contributed by atoms with Gasteiger partial charge >= 0.3 is 6.18 Å². The molecule has 0 bridgehead atoms. The average Bonchev–Trinajstić information content (AvgIpc) is 2.84. The number of carbonyl (C=O) groups excluding carboxylic acids is 2. The number of nitrogens with zero attached hydrogens (tertiary/aromatic N) is 2. The number of hydrogen-bond acceptors (Lipinski definition) is 3. The van der Waals surface area contributed by atoms with Crippen LogP contribution in [0.5, 0.6) is 5.75 Å². The Kier molecular flexibility index (Phi) is 7.00. The van der Waals surface area contributed by atoms with E-state index in [-0.39, 0.29) is 23.8 Å². The largest absolute Gasteiger partial charge is 0.497 e. The van der Waals surface area contributed by atoms with Crippen LogP contribution in [0.15, 0.2) is 66.7 Å². The molecule has 0 aliphatic carbocycles. The van der Waals surface area contributed by atoms with Crippen LogP contribution in [0.25, 0.3) is 0 Å². The quantitative estimate of drug-likeness (QED) is 0.379. The Hall–Kier alpha value is -3.52. The highest BCUT2D eigenvalue weighted by Crippen LogP contribution is 2.45. The number of ether oxygens (including phenoxy) is 1. The fraction of sp³-hybridized carbons (Fsp3) is 0.259. The first kappa shape index (κ1) is 25.6. The summed E-state index contributed by atoms with van der Waals surface area (Å²) in [4.78, 5) is 29.3. The summed E-state index contributed by atoms with van der Waals surface area (Å²) in [6.45, 7) is 3.17. The van der Waals surface area contributed by atoms with Crippen LogP contribution in [-0.2, 0) is 11.0 Å². The van der Waals surface area contributed by atoms with E-state index in [0.717, 1.165) is 12.1 Å². The molecule has 2 atom stereocenters. The normalized spacial score (nSPS) is 17.4. The maximum atomic E-state index is 13.7. The molecule has 1 heterocycles. The molecule has 188 valence electrons. The molecule has 0 saturated heterocycles. The number of methoxy groups -OCH3 is 1. The Balaban J connectivity index is 1.87. The van der Waals surface area contributed by atoms with Gasteiger partial charge in [-0.2, -0.15) is 13.2 Å². The number of fused-ring (bicyclic) bond motifs is 1. The molecular formula is C27H24ClF3N2O3. The number of anilines is 2. The maximum Gasteiger partial charge on any atom is 0.416 e. The molecule has 0 aromatic heterocycles. The Morgan fingerprint density at radius 1 is 1.06 bits per heavy atom.